The van der Waals surface area contributed by atoms with Gasteiger partial charge in [0.2, 0.25) is 0 Å². The number of hydrogen-bond acceptors (Lipinski definition) is 4. The summed E-state index contributed by atoms with van der Waals surface area (Å²) in [6.45, 7) is 3.18. The van der Waals surface area contributed by atoms with Crippen LogP contribution in [0.1, 0.15) is 31.7 Å². The highest BCUT2D eigenvalue weighted by Crippen LogP contribution is 2.00. The summed E-state index contributed by atoms with van der Waals surface area (Å²) in [6.07, 6.45) is 7.33. The standard InChI is InChI=1S/C14H21NO3/c1-2-3-11-18-14(16)12-17-10-4-5-13-6-8-15-9-7-13/h6-9H,2-5,10-12H2,1H3. The van der Waals surface area contributed by atoms with Gasteiger partial charge in [-0.1, -0.05) is 13.3 Å². The zero-order valence-electron chi connectivity index (χ0n) is 10.9. The number of nitrogens with zero attached hydrogens (tertiary/aromatic N) is 1. The third kappa shape index (κ3) is 7.01. The second-order valence-electron chi connectivity index (χ2n) is 4.09. The van der Waals surface area contributed by atoms with Crippen LogP contribution in [0.3, 0.4) is 0 Å². The summed E-state index contributed by atoms with van der Waals surface area (Å²) in [7, 11) is 0. The first-order valence-corrected chi connectivity index (χ1v) is 6.45. The van der Waals surface area contributed by atoms with Gasteiger partial charge in [0.05, 0.1) is 6.61 Å². The van der Waals surface area contributed by atoms with E-state index in [1.807, 2.05) is 12.1 Å². The molecule has 0 atom stereocenters. The van der Waals surface area contributed by atoms with Gasteiger partial charge in [-0.2, -0.15) is 0 Å². The SMILES string of the molecule is CCCCOC(=O)COCCCc1ccncc1. The lowest BCUT2D eigenvalue weighted by molar-refractivity contribution is -0.149. The maximum Gasteiger partial charge on any atom is 0.332 e. The molecule has 4 nitrogen and oxygen atoms in total. The van der Waals surface area contributed by atoms with Gasteiger partial charge in [0.1, 0.15) is 6.61 Å². The second-order valence-corrected chi connectivity index (χ2v) is 4.09. The second kappa shape index (κ2) is 9.59. The monoisotopic (exact) mass is 251 g/mol. The van der Waals surface area contributed by atoms with Crippen LogP contribution in [0.4, 0.5) is 0 Å². The summed E-state index contributed by atoms with van der Waals surface area (Å²) >= 11 is 0. The molecule has 100 valence electrons. The van der Waals surface area contributed by atoms with E-state index >= 15 is 0 Å². The molecule has 0 aliphatic rings. The molecule has 1 rings (SSSR count). The molecule has 4 heteroatoms. The molecule has 0 spiro atoms. The van der Waals surface area contributed by atoms with E-state index in [0.29, 0.717) is 13.2 Å². The van der Waals surface area contributed by atoms with Gasteiger partial charge in [0, 0.05) is 19.0 Å². The van der Waals surface area contributed by atoms with E-state index in [4.69, 9.17) is 9.47 Å². The molecule has 0 aromatic carbocycles. The molecule has 0 N–H and O–H groups in total. The predicted molar refractivity (Wildman–Crippen MR) is 69.2 cm³/mol. The number of aromatic nitrogens is 1. The molecule has 0 amide bonds. The van der Waals surface area contributed by atoms with Gasteiger partial charge in [-0.25, -0.2) is 4.79 Å². The maximum absolute atomic E-state index is 11.2. The van der Waals surface area contributed by atoms with Gasteiger partial charge in [-0.15, -0.1) is 0 Å². The van der Waals surface area contributed by atoms with Crippen molar-refractivity contribution >= 4 is 5.97 Å². The van der Waals surface area contributed by atoms with E-state index in [2.05, 4.69) is 11.9 Å². The summed E-state index contributed by atoms with van der Waals surface area (Å²) in [5.74, 6) is -0.271. The Morgan fingerprint density at radius 1 is 1.22 bits per heavy atom. The molecule has 0 saturated carbocycles. The van der Waals surface area contributed by atoms with Crippen LogP contribution in [0.5, 0.6) is 0 Å². The zero-order chi connectivity index (χ0) is 13.1. The Bertz CT molecular complexity index is 327. The molecule has 0 radical (unpaired) electrons. The van der Waals surface area contributed by atoms with Gasteiger partial charge in [0.25, 0.3) is 0 Å². The van der Waals surface area contributed by atoms with Crippen molar-refractivity contribution in [2.45, 2.75) is 32.6 Å². The van der Waals surface area contributed by atoms with E-state index in [-0.39, 0.29) is 12.6 Å². The molecule has 1 aromatic heterocycles. The van der Waals surface area contributed by atoms with Crippen LogP contribution < -0.4 is 0 Å². The Balaban J connectivity index is 1.97. The molecule has 0 unspecified atom stereocenters. The molecular weight excluding hydrogens is 230 g/mol. The number of esters is 1. The number of ether oxygens (including phenoxy) is 2. The van der Waals surface area contributed by atoms with Crippen molar-refractivity contribution in [2.75, 3.05) is 19.8 Å². The van der Waals surface area contributed by atoms with E-state index in [1.165, 1.54) is 5.56 Å². The van der Waals surface area contributed by atoms with E-state index < -0.39 is 0 Å². The van der Waals surface area contributed by atoms with Gasteiger partial charge in [-0.05, 0) is 37.0 Å². The molecule has 1 heterocycles. The summed E-state index contributed by atoms with van der Waals surface area (Å²) in [6, 6.07) is 3.97. The molecule has 0 bridgehead atoms. The lowest BCUT2D eigenvalue weighted by atomic mass is 10.1. The molecule has 0 fully saturated rings. The average Bonchev–Trinajstić information content (AvgIpc) is 2.40. The predicted octanol–water partition coefficient (Wildman–Crippen LogP) is 2.37. The van der Waals surface area contributed by atoms with Crippen molar-refractivity contribution in [3.05, 3.63) is 30.1 Å². The minimum Gasteiger partial charge on any atom is -0.464 e. The Morgan fingerprint density at radius 3 is 2.72 bits per heavy atom. The Morgan fingerprint density at radius 2 is 2.00 bits per heavy atom. The molecule has 0 saturated heterocycles. The van der Waals surface area contributed by atoms with Crippen molar-refractivity contribution in [2.24, 2.45) is 0 Å². The fourth-order valence-electron chi connectivity index (χ4n) is 1.46. The average molecular weight is 251 g/mol. The number of hydrogen-bond donors (Lipinski definition) is 0. The highest BCUT2D eigenvalue weighted by molar-refractivity contribution is 5.70. The lowest BCUT2D eigenvalue weighted by Crippen LogP contribution is -2.14. The first-order valence-electron chi connectivity index (χ1n) is 6.45. The molecule has 0 aliphatic carbocycles. The summed E-state index contributed by atoms with van der Waals surface area (Å²) in [4.78, 5) is 15.2. The van der Waals surface area contributed by atoms with E-state index in [0.717, 1.165) is 25.7 Å². The minimum atomic E-state index is -0.271. The largest absolute Gasteiger partial charge is 0.464 e. The van der Waals surface area contributed by atoms with E-state index in [9.17, 15) is 4.79 Å². The highest BCUT2D eigenvalue weighted by atomic mass is 16.6. The zero-order valence-corrected chi connectivity index (χ0v) is 10.9. The Labute approximate surface area is 108 Å². The molecular formula is C14H21NO3. The summed E-state index contributed by atoms with van der Waals surface area (Å²) < 4.78 is 10.2. The van der Waals surface area contributed by atoms with Crippen LogP contribution >= 0.6 is 0 Å². The third-order valence-corrected chi connectivity index (χ3v) is 2.48. The van der Waals surface area contributed by atoms with Crippen molar-refractivity contribution in [3.8, 4) is 0 Å². The van der Waals surface area contributed by atoms with Gasteiger partial charge in [-0.3, -0.25) is 4.98 Å². The normalized spacial score (nSPS) is 10.3. The Hall–Kier alpha value is -1.42. The van der Waals surface area contributed by atoms with Gasteiger partial charge < -0.3 is 9.47 Å². The topological polar surface area (TPSA) is 48.4 Å². The first-order chi connectivity index (χ1) is 8.83. The number of carbonyl (C=O) groups is 1. The summed E-state index contributed by atoms with van der Waals surface area (Å²) in [5.41, 5.74) is 1.24. The number of aryl methyl sites for hydroxylation is 1. The van der Waals surface area contributed by atoms with Crippen LogP contribution in [-0.4, -0.2) is 30.8 Å². The molecule has 0 aliphatic heterocycles. The van der Waals surface area contributed by atoms with Crippen molar-refractivity contribution in [3.63, 3.8) is 0 Å². The Kier molecular flexibility index (Phi) is 7.80. The van der Waals surface area contributed by atoms with Crippen LogP contribution in [-0.2, 0) is 20.7 Å². The number of unbranched alkanes of at least 4 members (excludes halogenated alkanes) is 1. The van der Waals surface area contributed by atoms with Crippen molar-refractivity contribution in [1.29, 1.82) is 0 Å². The van der Waals surface area contributed by atoms with Crippen molar-refractivity contribution in [1.82, 2.24) is 4.98 Å². The number of carbonyl (C=O) groups excluding carboxylic acids is 1. The summed E-state index contributed by atoms with van der Waals surface area (Å²) in [5, 5.41) is 0. The smallest absolute Gasteiger partial charge is 0.332 e. The van der Waals surface area contributed by atoms with Gasteiger partial charge in [0.15, 0.2) is 0 Å². The van der Waals surface area contributed by atoms with Crippen LogP contribution in [0.15, 0.2) is 24.5 Å². The fraction of sp³-hybridized carbons (Fsp3) is 0.571. The quantitative estimate of drug-likeness (QED) is 0.499. The maximum atomic E-state index is 11.2. The first kappa shape index (κ1) is 14.6. The molecule has 1 aromatic rings. The van der Waals surface area contributed by atoms with Crippen molar-refractivity contribution < 1.29 is 14.3 Å². The highest BCUT2D eigenvalue weighted by Gasteiger charge is 2.02. The number of pyridine rings is 1. The van der Waals surface area contributed by atoms with Crippen LogP contribution in [0, 0.1) is 0 Å². The lowest BCUT2D eigenvalue weighted by Gasteiger charge is -2.05. The van der Waals surface area contributed by atoms with Gasteiger partial charge >= 0.3 is 5.97 Å². The van der Waals surface area contributed by atoms with Crippen LogP contribution in [0.25, 0.3) is 0 Å². The van der Waals surface area contributed by atoms with Crippen LogP contribution in [0.2, 0.25) is 0 Å². The fourth-order valence-corrected chi connectivity index (χ4v) is 1.46. The molecule has 18 heavy (non-hydrogen) atoms. The minimum absolute atomic E-state index is 0.0556. The number of rotatable bonds is 9. The third-order valence-electron chi connectivity index (χ3n) is 2.48. The van der Waals surface area contributed by atoms with E-state index in [1.54, 1.807) is 12.4 Å².